The lowest BCUT2D eigenvalue weighted by molar-refractivity contribution is -0.136. The Morgan fingerprint density at radius 2 is 1.61 bits per heavy atom. The van der Waals surface area contributed by atoms with E-state index in [0.29, 0.717) is 31.0 Å². The van der Waals surface area contributed by atoms with Gasteiger partial charge in [-0.15, -0.1) is 0 Å². The first-order valence-corrected chi connectivity index (χ1v) is 14.8. The van der Waals surface area contributed by atoms with E-state index in [-0.39, 0.29) is 37.8 Å². The highest BCUT2D eigenvalue weighted by molar-refractivity contribution is 5.98. The zero-order chi connectivity index (χ0) is 31.7. The fourth-order valence-electron chi connectivity index (χ4n) is 5.01. The number of methoxy groups -OCH3 is 1. The molecule has 0 radical (unpaired) electrons. The van der Waals surface area contributed by atoms with Crippen molar-refractivity contribution < 1.29 is 38.5 Å². The Labute approximate surface area is 257 Å². The van der Waals surface area contributed by atoms with Gasteiger partial charge in [0.05, 0.1) is 45.0 Å². The van der Waals surface area contributed by atoms with Crippen LogP contribution in [0.5, 0.6) is 5.75 Å². The minimum absolute atomic E-state index is 0.00335. The Morgan fingerprint density at radius 3 is 2.20 bits per heavy atom. The smallest absolute Gasteiger partial charge is 0.245 e. The van der Waals surface area contributed by atoms with Crippen molar-refractivity contribution in [2.45, 2.75) is 69.0 Å². The second kappa shape index (κ2) is 15.2. The van der Waals surface area contributed by atoms with Gasteiger partial charge in [-0.2, -0.15) is 0 Å². The van der Waals surface area contributed by atoms with E-state index >= 15 is 0 Å². The average Bonchev–Trinajstić information content (AvgIpc) is 3.78. The van der Waals surface area contributed by atoms with Gasteiger partial charge >= 0.3 is 0 Å². The summed E-state index contributed by atoms with van der Waals surface area (Å²) < 4.78 is 16.2. The van der Waals surface area contributed by atoms with Gasteiger partial charge in [0.25, 0.3) is 0 Å². The van der Waals surface area contributed by atoms with Crippen LogP contribution in [0.1, 0.15) is 31.4 Å². The standard InChI is InChI=1S/C32H42N4O8/c1-20(37)28(36-27(38)17-24-18-33-13-14-43-24)31(41)35-26(16-22-9-11-23(42-3)12-10-22)30(40)34-25(29(39)32(2)19-44-32)15-21-7-5-4-6-8-21/h4-12,20,24-26,28,33,37H,13-19H2,1-3H3,(H,34,40)(H,35,41)(H,36,38)/t20-,24?,25-,26-,28-,32+/m0/s1. The van der Waals surface area contributed by atoms with Gasteiger partial charge in [0.2, 0.25) is 17.7 Å². The second-order valence-corrected chi connectivity index (χ2v) is 11.4. The molecule has 6 atom stereocenters. The number of carbonyl (C=O) groups is 4. The van der Waals surface area contributed by atoms with Crippen LogP contribution in [-0.4, -0.2) is 98.0 Å². The van der Waals surface area contributed by atoms with Crippen LogP contribution in [0.4, 0.5) is 0 Å². The molecule has 2 saturated heterocycles. The largest absolute Gasteiger partial charge is 0.497 e. The molecule has 1 unspecified atom stereocenters. The van der Waals surface area contributed by atoms with Crippen LogP contribution < -0.4 is 26.0 Å². The summed E-state index contributed by atoms with van der Waals surface area (Å²) in [7, 11) is 1.54. The number of hydrogen-bond donors (Lipinski definition) is 5. The topological polar surface area (TPSA) is 168 Å². The first kappa shape index (κ1) is 33.1. The van der Waals surface area contributed by atoms with E-state index in [1.54, 1.807) is 38.3 Å². The third-order valence-corrected chi connectivity index (χ3v) is 7.74. The molecule has 238 valence electrons. The molecule has 2 heterocycles. The minimum Gasteiger partial charge on any atom is -0.497 e. The fraction of sp³-hybridized carbons (Fsp3) is 0.500. The molecule has 44 heavy (non-hydrogen) atoms. The third kappa shape index (κ3) is 9.33. The van der Waals surface area contributed by atoms with E-state index < -0.39 is 47.6 Å². The number of hydrogen-bond acceptors (Lipinski definition) is 9. The lowest BCUT2D eigenvalue weighted by Crippen LogP contribution is -2.59. The number of morpholine rings is 1. The Bertz CT molecular complexity index is 1280. The van der Waals surface area contributed by atoms with E-state index in [0.717, 1.165) is 5.56 Å². The summed E-state index contributed by atoms with van der Waals surface area (Å²) in [6, 6.07) is 12.9. The molecular weight excluding hydrogens is 568 g/mol. The maximum atomic E-state index is 13.8. The van der Waals surface area contributed by atoms with Crippen molar-refractivity contribution in [3.63, 3.8) is 0 Å². The molecule has 2 aliphatic heterocycles. The van der Waals surface area contributed by atoms with E-state index in [1.807, 2.05) is 30.3 Å². The second-order valence-electron chi connectivity index (χ2n) is 11.4. The molecule has 0 spiro atoms. The van der Waals surface area contributed by atoms with Gasteiger partial charge in [-0.25, -0.2) is 0 Å². The summed E-state index contributed by atoms with van der Waals surface area (Å²) in [6.45, 7) is 4.98. The van der Waals surface area contributed by atoms with Gasteiger partial charge in [0, 0.05) is 19.5 Å². The Kier molecular flexibility index (Phi) is 11.5. The molecule has 5 N–H and O–H groups in total. The van der Waals surface area contributed by atoms with Gasteiger partial charge in [-0.3, -0.25) is 19.2 Å². The number of benzene rings is 2. The van der Waals surface area contributed by atoms with Gasteiger partial charge in [-0.1, -0.05) is 42.5 Å². The van der Waals surface area contributed by atoms with E-state index in [9.17, 15) is 24.3 Å². The van der Waals surface area contributed by atoms with Gasteiger partial charge in [0.1, 0.15) is 23.4 Å². The number of Topliss-reactive ketones (excluding diaryl/α,β-unsaturated/α-hetero) is 1. The van der Waals surface area contributed by atoms with Crippen LogP contribution in [0.25, 0.3) is 0 Å². The predicted molar refractivity (Wildman–Crippen MR) is 161 cm³/mol. The molecule has 0 aliphatic carbocycles. The quantitative estimate of drug-likeness (QED) is 0.175. The molecule has 0 bridgehead atoms. The molecule has 12 heteroatoms. The molecule has 0 saturated carbocycles. The summed E-state index contributed by atoms with van der Waals surface area (Å²) in [4.78, 5) is 53.4. The van der Waals surface area contributed by atoms with Gasteiger partial charge in [0.15, 0.2) is 5.78 Å². The number of ether oxygens (including phenoxy) is 3. The summed E-state index contributed by atoms with van der Waals surface area (Å²) in [5, 5.41) is 21.7. The van der Waals surface area contributed by atoms with Crippen LogP contribution in [-0.2, 0) is 41.5 Å². The third-order valence-electron chi connectivity index (χ3n) is 7.74. The van der Waals surface area contributed by atoms with Gasteiger partial charge < -0.3 is 40.6 Å². The van der Waals surface area contributed by atoms with Crippen molar-refractivity contribution >= 4 is 23.5 Å². The van der Waals surface area contributed by atoms with Crippen molar-refractivity contribution in [2.24, 2.45) is 0 Å². The van der Waals surface area contributed by atoms with Crippen LogP contribution in [0, 0.1) is 0 Å². The zero-order valence-electron chi connectivity index (χ0n) is 25.3. The highest BCUT2D eigenvalue weighted by Gasteiger charge is 2.50. The Hall–Kier alpha value is -3.84. The summed E-state index contributed by atoms with van der Waals surface area (Å²) in [5.74, 6) is -1.45. The molecule has 2 aromatic rings. The Morgan fingerprint density at radius 1 is 0.977 bits per heavy atom. The van der Waals surface area contributed by atoms with Crippen molar-refractivity contribution in [2.75, 3.05) is 33.4 Å². The number of nitrogens with one attached hydrogen (secondary N) is 4. The summed E-state index contributed by atoms with van der Waals surface area (Å²) in [5.41, 5.74) is 0.579. The van der Waals surface area contributed by atoms with Crippen molar-refractivity contribution in [1.82, 2.24) is 21.3 Å². The molecule has 12 nitrogen and oxygen atoms in total. The molecule has 0 aromatic heterocycles. The molecule has 2 fully saturated rings. The van der Waals surface area contributed by atoms with Crippen molar-refractivity contribution in [1.29, 1.82) is 0 Å². The highest BCUT2D eigenvalue weighted by atomic mass is 16.6. The van der Waals surface area contributed by atoms with E-state index in [4.69, 9.17) is 14.2 Å². The predicted octanol–water partition coefficient (Wildman–Crippen LogP) is 0.0521. The summed E-state index contributed by atoms with van der Waals surface area (Å²) >= 11 is 0. The highest BCUT2D eigenvalue weighted by Crippen LogP contribution is 2.29. The number of carbonyl (C=O) groups excluding carboxylic acids is 4. The number of amides is 3. The minimum atomic E-state index is -1.33. The normalized spacial score (nSPS) is 22.0. The van der Waals surface area contributed by atoms with Crippen LogP contribution in [0.3, 0.4) is 0 Å². The van der Waals surface area contributed by atoms with Crippen molar-refractivity contribution in [3.8, 4) is 5.75 Å². The number of rotatable bonds is 15. The van der Waals surface area contributed by atoms with E-state index in [2.05, 4.69) is 21.3 Å². The summed E-state index contributed by atoms with van der Waals surface area (Å²) in [6.07, 6.45) is -1.30. The number of aliphatic hydroxyl groups excluding tert-OH is 1. The molecule has 3 amide bonds. The average molecular weight is 611 g/mol. The fourth-order valence-corrected chi connectivity index (χ4v) is 5.01. The molecular formula is C32H42N4O8. The maximum Gasteiger partial charge on any atom is 0.245 e. The first-order valence-electron chi connectivity index (χ1n) is 14.8. The molecule has 2 aliphatic rings. The SMILES string of the molecule is COc1ccc(C[C@H](NC(=O)[C@@H](NC(=O)CC2CNCCO2)[C@H](C)O)C(=O)N[C@@H](Cc2ccccc2)C(=O)[C@@]2(C)CO2)cc1. The monoisotopic (exact) mass is 610 g/mol. The van der Waals surface area contributed by atoms with Gasteiger partial charge in [-0.05, 0) is 43.5 Å². The van der Waals surface area contributed by atoms with Crippen LogP contribution in [0.2, 0.25) is 0 Å². The number of ketones is 1. The Balaban J connectivity index is 1.51. The molecule has 2 aromatic carbocycles. The number of epoxide rings is 1. The number of aliphatic hydroxyl groups is 1. The lowest BCUT2D eigenvalue weighted by atomic mass is 9.94. The molecule has 4 rings (SSSR count). The first-order chi connectivity index (χ1) is 21.1. The van der Waals surface area contributed by atoms with Crippen LogP contribution in [0.15, 0.2) is 54.6 Å². The lowest BCUT2D eigenvalue weighted by Gasteiger charge is -2.28. The van der Waals surface area contributed by atoms with Crippen molar-refractivity contribution in [3.05, 3.63) is 65.7 Å². The van der Waals surface area contributed by atoms with E-state index in [1.165, 1.54) is 6.92 Å². The zero-order valence-corrected chi connectivity index (χ0v) is 25.3. The maximum absolute atomic E-state index is 13.8. The van der Waals surface area contributed by atoms with Crippen LogP contribution >= 0.6 is 0 Å².